The van der Waals surface area contributed by atoms with Crippen LogP contribution in [0.15, 0.2) is 18.2 Å². The van der Waals surface area contributed by atoms with Crippen molar-refractivity contribution >= 4 is 5.91 Å². The highest BCUT2D eigenvalue weighted by atomic mass is 16.1. The molecule has 0 saturated carbocycles. The Morgan fingerprint density at radius 1 is 1.25 bits per heavy atom. The van der Waals surface area contributed by atoms with Crippen LogP contribution in [0.1, 0.15) is 62.1 Å². The predicted molar refractivity (Wildman–Crippen MR) is 101 cm³/mol. The lowest BCUT2D eigenvalue weighted by Crippen LogP contribution is -2.40. The van der Waals surface area contributed by atoms with Gasteiger partial charge in [0.2, 0.25) is 5.91 Å². The van der Waals surface area contributed by atoms with E-state index in [-0.39, 0.29) is 5.91 Å². The Labute approximate surface area is 147 Å². The second-order valence-corrected chi connectivity index (χ2v) is 7.22. The predicted octanol–water partition coefficient (Wildman–Crippen LogP) is 4.01. The number of hydrogen-bond donors (Lipinski definition) is 1. The monoisotopic (exact) mass is 330 g/mol. The average molecular weight is 331 g/mol. The quantitative estimate of drug-likeness (QED) is 0.731. The summed E-state index contributed by atoms with van der Waals surface area (Å²) in [4.78, 5) is 14.6. The Hall–Kier alpha value is -1.35. The van der Waals surface area contributed by atoms with Crippen molar-refractivity contribution in [2.24, 2.45) is 0 Å². The van der Waals surface area contributed by atoms with Gasteiger partial charge in [-0.3, -0.25) is 4.79 Å². The molecule has 0 radical (unpaired) electrons. The molecule has 1 N–H and O–H groups in total. The van der Waals surface area contributed by atoms with E-state index < -0.39 is 0 Å². The zero-order chi connectivity index (χ0) is 17.4. The number of aryl methyl sites for hydroxylation is 3. The van der Waals surface area contributed by atoms with Crippen molar-refractivity contribution in [2.75, 3.05) is 19.6 Å². The van der Waals surface area contributed by atoms with E-state index in [0.717, 1.165) is 32.0 Å². The van der Waals surface area contributed by atoms with Gasteiger partial charge in [0.15, 0.2) is 0 Å². The van der Waals surface area contributed by atoms with E-state index >= 15 is 0 Å². The summed E-state index contributed by atoms with van der Waals surface area (Å²) in [5.41, 5.74) is 3.87. The molecule has 1 aliphatic rings. The molecule has 0 spiro atoms. The molecule has 0 aliphatic carbocycles. The summed E-state index contributed by atoms with van der Waals surface area (Å²) < 4.78 is 0. The first kappa shape index (κ1) is 19.0. The minimum Gasteiger partial charge on any atom is -0.356 e. The highest BCUT2D eigenvalue weighted by Crippen LogP contribution is 2.19. The number of likely N-dealkylation sites (tertiary alicyclic amines) is 1. The molecule has 134 valence electrons. The normalized spacial score (nSPS) is 18.5. The Bertz CT molecular complexity index is 527. The molecule has 1 saturated heterocycles. The highest BCUT2D eigenvalue weighted by molar-refractivity contribution is 5.76. The molecule has 1 unspecified atom stereocenters. The number of hydrogen-bond acceptors (Lipinski definition) is 2. The fraction of sp³-hybridized carbons (Fsp3) is 0.667. The van der Waals surface area contributed by atoms with Gasteiger partial charge in [-0.2, -0.15) is 0 Å². The smallest absolute Gasteiger partial charge is 0.220 e. The standard InChI is InChI=1S/C21H34N2O/c1-4-20-8-5-6-14-23(20)15-7-13-22-21(24)12-11-19-10-9-17(2)18(3)16-19/h9-10,16,20H,4-8,11-15H2,1-3H3,(H,22,24). The second kappa shape index (κ2) is 9.83. The number of amides is 1. The number of piperidine rings is 1. The largest absolute Gasteiger partial charge is 0.356 e. The minimum atomic E-state index is 0.180. The van der Waals surface area contributed by atoms with E-state index in [1.54, 1.807) is 0 Å². The van der Waals surface area contributed by atoms with Gasteiger partial charge in [0, 0.05) is 25.6 Å². The molecule has 1 aromatic rings. The third kappa shape index (κ3) is 5.94. The number of nitrogens with zero attached hydrogens (tertiary/aromatic N) is 1. The van der Waals surface area contributed by atoms with E-state index in [0.29, 0.717) is 6.42 Å². The Kier molecular flexibility index (Phi) is 7.77. The van der Waals surface area contributed by atoms with E-state index in [1.165, 1.54) is 48.9 Å². The summed E-state index contributed by atoms with van der Waals surface area (Å²) in [5.74, 6) is 0.180. The first-order valence-corrected chi connectivity index (χ1v) is 9.67. The van der Waals surface area contributed by atoms with Gasteiger partial charge in [0.1, 0.15) is 0 Å². The summed E-state index contributed by atoms with van der Waals surface area (Å²) in [7, 11) is 0. The van der Waals surface area contributed by atoms with Gasteiger partial charge >= 0.3 is 0 Å². The van der Waals surface area contributed by atoms with Crippen molar-refractivity contribution in [1.82, 2.24) is 10.2 Å². The van der Waals surface area contributed by atoms with Crippen molar-refractivity contribution in [3.63, 3.8) is 0 Å². The molecule has 1 aromatic carbocycles. The lowest BCUT2D eigenvalue weighted by Gasteiger charge is -2.35. The van der Waals surface area contributed by atoms with Crippen LogP contribution < -0.4 is 5.32 Å². The topological polar surface area (TPSA) is 32.3 Å². The summed E-state index contributed by atoms with van der Waals surface area (Å²) in [6.45, 7) is 9.70. The molecular formula is C21H34N2O. The molecule has 1 heterocycles. The number of benzene rings is 1. The maximum absolute atomic E-state index is 12.0. The molecule has 3 nitrogen and oxygen atoms in total. The van der Waals surface area contributed by atoms with E-state index in [9.17, 15) is 4.79 Å². The fourth-order valence-corrected chi connectivity index (χ4v) is 3.63. The molecule has 2 rings (SSSR count). The van der Waals surface area contributed by atoms with Crippen molar-refractivity contribution in [3.05, 3.63) is 34.9 Å². The summed E-state index contributed by atoms with van der Waals surface area (Å²) in [5, 5.41) is 3.09. The number of nitrogens with one attached hydrogen (secondary N) is 1. The number of carbonyl (C=O) groups is 1. The SMILES string of the molecule is CCC1CCCCN1CCCNC(=O)CCc1ccc(C)c(C)c1. The first-order valence-electron chi connectivity index (χ1n) is 9.67. The fourth-order valence-electron chi connectivity index (χ4n) is 3.63. The Morgan fingerprint density at radius 3 is 2.83 bits per heavy atom. The van der Waals surface area contributed by atoms with Gasteiger partial charge in [0.05, 0.1) is 0 Å². The third-order valence-electron chi connectivity index (χ3n) is 5.38. The van der Waals surface area contributed by atoms with Gasteiger partial charge in [0.25, 0.3) is 0 Å². The van der Waals surface area contributed by atoms with Crippen LogP contribution in [-0.4, -0.2) is 36.5 Å². The molecule has 0 aromatic heterocycles. The van der Waals surface area contributed by atoms with Gasteiger partial charge in [-0.15, -0.1) is 0 Å². The van der Waals surface area contributed by atoms with Crippen LogP contribution >= 0.6 is 0 Å². The summed E-state index contributed by atoms with van der Waals surface area (Å²) in [6, 6.07) is 7.24. The molecule has 1 amide bonds. The van der Waals surface area contributed by atoms with Crippen molar-refractivity contribution in [3.8, 4) is 0 Å². The van der Waals surface area contributed by atoms with Crippen LogP contribution in [0.3, 0.4) is 0 Å². The average Bonchev–Trinajstić information content (AvgIpc) is 2.60. The van der Waals surface area contributed by atoms with Crippen LogP contribution in [0.5, 0.6) is 0 Å². The number of carbonyl (C=O) groups excluding carboxylic acids is 1. The van der Waals surface area contributed by atoms with Gasteiger partial charge in [-0.25, -0.2) is 0 Å². The lowest BCUT2D eigenvalue weighted by molar-refractivity contribution is -0.121. The van der Waals surface area contributed by atoms with Crippen LogP contribution in [0.2, 0.25) is 0 Å². The van der Waals surface area contributed by atoms with Gasteiger partial charge in [-0.1, -0.05) is 31.5 Å². The molecule has 24 heavy (non-hydrogen) atoms. The first-order chi connectivity index (χ1) is 11.6. The van der Waals surface area contributed by atoms with E-state index in [1.807, 2.05) is 0 Å². The Balaban J connectivity index is 1.61. The minimum absolute atomic E-state index is 0.180. The van der Waals surface area contributed by atoms with Crippen LogP contribution in [0, 0.1) is 13.8 Å². The van der Waals surface area contributed by atoms with Crippen molar-refractivity contribution in [1.29, 1.82) is 0 Å². The zero-order valence-corrected chi connectivity index (χ0v) is 15.7. The summed E-state index contributed by atoms with van der Waals surface area (Å²) in [6.07, 6.45) is 7.79. The van der Waals surface area contributed by atoms with Crippen LogP contribution in [-0.2, 0) is 11.2 Å². The van der Waals surface area contributed by atoms with Crippen molar-refractivity contribution < 1.29 is 4.79 Å². The van der Waals surface area contributed by atoms with E-state index in [4.69, 9.17) is 0 Å². The zero-order valence-electron chi connectivity index (χ0n) is 15.7. The molecule has 0 bridgehead atoms. The molecule has 1 aliphatic heterocycles. The van der Waals surface area contributed by atoms with Crippen LogP contribution in [0.25, 0.3) is 0 Å². The lowest BCUT2D eigenvalue weighted by atomic mass is 10.00. The van der Waals surface area contributed by atoms with Crippen molar-refractivity contribution in [2.45, 2.75) is 71.8 Å². The van der Waals surface area contributed by atoms with Gasteiger partial charge in [-0.05, 0) is 69.2 Å². The van der Waals surface area contributed by atoms with Gasteiger partial charge < -0.3 is 10.2 Å². The highest BCUT2D eigenvalue weighted by Gasteiger charge is 2.19. The van der Waals surface area contributed by atoms with Crippen LogP contribution in [0.4, 0.5) is 0 Å². The van der Waals surface area contributed by atoms with E-state index in [2.05, 4.69) is 49.2 Å². The molecule has 1 atom stereocenters. The molecule has 1 fully saturated rings. The second-order valence-electron chi connectivity index (χ2n) is 7.22. The maximum Gasteiger partial charge on any atom is 0.220 e. The Morgan fingerprint density at radius 2 is 2.08 bits per heavy atom. The maximum atomic E-state index is 12.0. The molecule has 3 heteroatoms. The molecular weight excluding hydrogens is 296 g/mol. The number of rotatable bonds is 8. The summed E-state index contributed by atoms with van der Waals surface area (Å²) >= 11 is 0. The third-order valence-corrected chi connectivity index (χ3v) is 5.38.